The minimum absolute atomic E-state index is 0.152. The van der Waals surface area contributed by atoms with E-state index >= 15 is 0 Å². The Bertz CT molecular complexity index is 624. The van der Waals surface area contributed by atoms with Crippen molar-refractivity contribution in [2.45, 2.75) is 38.6 Å². The summed E-state index contributed by atoms with van der Waals surface area (Å²) in [6.45, 7) is 7.37. The minimum atomic E-state index is 0.152. The van der Waals surface area contributed by atoms with E-state index in [0.717, 1.165) is 37.0 Å². The van der Waals surface area contributed by atoms with Gasteiger partial charge in [0.2, 0.25) is 0 Å². The molecule has 4 heterocycles. The zero-order valence-electron chi connectivity index (χ0n) is 16.1. The molecule has 1 atom stereocenters. The van der Waals surface area contributed by atoms with Gasteiger partial charge in [0.15, 0.2) is 5.06 Å². The summed E-state index contributed by atoms with van der Waals surface area (Å²) in [5, 5.41) is 4.50. The molecule has 2 amide bonds. The molecule has 1 aromatic rings. The third-order valence-corrected chi connectivity index (χ3v) is 6.95. The van der Waals surface area contributed by atoms with Crippen molar-refractivity contribution in [3.63, 3.8) is 0 Å². The van der Waals surface area contributed by atoms with Crippen LogP contribution < -0.4 is 10.1 Å². The lowest BCUT2D eigenvalue weighted by atomic mass is 9.95. The van der Waals surface area contributed by atoms with Crippen molar-refractivity contribution in [2.75, 3.05) is 52.5 Å². The molecule has 0 saturated carbocycles. The first-order valence-electron chi connectivity index (χ1n) is 10.4. The molecule has 3 aliphatic rings. The number of thiophene rings is 1. The number of carbonyl (C=O) groups excluding carboxylic acids is 1. The van der Waals surface area contributed by atoms with Crippen LogP contribution >= 0.6 is 11.3 Å². The van der Waals surface area contributed by atoms with Crippen molar-refractivity contribution in [1.82, 2.24) is 15.1 Å². The smallest absolute Gasteiger partial charge is 0.320 e. The summed E-state index contributed by atoms with van der Waals surface area (Å²) in [5.74, 6) is 0.818. The largest absolute Gasteiger partial charge is 0.484 e. The molecule has 0 aliphatic carbocycles. The Morgan fingerprint density at radius 1 is 1.30 bits per heavy atom. The number of rotatable bonds is 5. The molecule has 6 nitrogen and oxygen atoms in total. The van der Waals surface area contributed by atoms with Crippen LogP contribution in [0.5, 0.6) is 5.06 Å². The molecule has 1 unspecified atom stereocenters. The van der Waals surface area contributed by atoms with E-state index in [1.807, 2.05) is 9.80 Å². The van der Waals surface area contributed by atoms with Crippen LogP contribution in [-0.4, -0.2) is 68.4 Å². The van der Waals surface area contributed by atoms with Gasteiger partial charge in [-0.3, -0.25) is 0 Å². The molecule has 0 aromatic carbocycles. The minimum Gasteiger partial charge on any atom is -0.484 e. The lowest BCUT2D eigenvalue weighted by Gasteiger charge is -2.34. The Morgan fingerprint density at radius 3 is 3.00 bits per heavy atom. The van der Waals surface area contributed by atoms with Gasteiger partial charge in [-0.2, -0.15) is 0 Å². The van der Waals surface area contributed by atoms with E-state index in [0.29, 0.717) is 32.8 Å². The van der Waals surface area contributed by atoms with Gasteiger partial charge in [-0.05, 0) is 62.7 Å². The zero-order chi connectivity index (χ0) is 18.5. The first-order valence-corrected chi connectivity index (χ1v) is 11.2. The van der Waals surface area contributed by atoms with Crippen LogP contribution in [0.15, 0.2) is 6.07 Å². The molecule has 7 heteroatoms. The highest BCUT2D eigenvalue weighted by molar-refractivity contribution is 7.14. The average molecular weight is 394 g/mol. The van der Waals surface area contributed by atoms with Crippen LogP contribution in [0.1, 0.15) is 36.1 Å². The van der Waals surface area contributed by atoms with Crippen LogP contribution in [-0.2, 0) is 17.7 Å². The number of urea groups is 1. The monoisotopic (exact) mass is 393 g/mol. The maximum Gasteiger partial charge on any atom is 0.320 e. The van der Waals surface area contributed by atoms with Crippen LogP contribution in [0.25, 0.3) is 0 Å². The lowest BCUT2D eigenvalue weighted by molar-refractivity contribution is 0.0422. The molecule has 27 heavy (non-hydrogen) atoms. The van der Waals surface area contributed by atoms with Crippen LogP contribution in [0.4, 0.5) is 4.79 Å². The summed E-state index contributed by atoms with van der Waals surface area (Å²) >= 11 is 1.76. The quantitative estimate of drug-likeness (QED) is 0.782. The standard InChI is InChI=1S/C20H31N3O3S/c24-20(22-8-11-25-12-9-22)23-7-5-18-17(15-23)13-19(27-18)26-10-2-4-16-3-1-6-21-14-16/h13,16,21H,1-12,14-15H2. The van der Waals surface area contributed by atoms with E-state index in [9.17, 15) is 4.79 Å². The summed E-state index contributed by atoms with van der Waals surface area (Å²) in [4.78, 5) is 18.0. The maximum atomic E-state index is 12.7. The fourth-order valence-electron chi connectivity index (χ4n) is 4.21. The molecule has 0 spiro atoms. The van der Waals surface area contributed by atoms with Crippen LogP contribution in [0, 0.1) is 5.92 Å². The molecule has 150 valence electrons. The Kier molecular flexibility index (Phi) is 6.52. The molecule has 1 N–H and O–H groups in total. The van der Waals surface area contributed by atoms with E-state index in [-0.39, 0.29) is 6.03 Å². The fraction of sp³-hybridized carbons (Fsp3) is 0.750. The van der Waals surface area contributed by atoms with Crippen molar-refractivity contribution < 1.29 is 14.3 Å². The molecule has 1 aromatic heterocycles. The van der Waals surface area contributed by atoms with Gasteiger partial charge in [0.25, 0.3) is 0 Å². The molecule has 4 rings (SSSR count). The number of hydrogen-bond acceptors (Lipinski definition) is 5. The summed E-state index contributed by atoms with van der Waals surface area (Å²) < 4.78 is 11.4. The molecule has 3 aliphatic heterocycles. The number of carbonyl (C=O) groups is 1. The first-order chi connectivity index (χ1) is 13.3. The number of piperidine rings is 1. The van der Waals surface area contributed by atoms with Crippen molar-refractivity contribution in [3.8, 4) is 5.06 Å². The van der Waals surface area contributed by atoms with Gasteiger partial charge in [0, 0.05) is 31.1 Å². The van der Waals surface area contributed by atoms with Gasteiger partial charge in [0.05, 0.1) is 19.8 Å². The van der Waals surface area contributed by atoms with E-state index in [1.54, 1.807) is 11.3 Å². The Morgan fingerprint density at radius 2 is 2.19 bits per heavy atom. The van der Waals surface area contributed by atoms with Crippen molar-refractivity contribution in [2.24, 2.45) is 5.92 Å². The summed E-state index contributed by atoms with van der Waals surface area (Å²) in [5.41, 5.74) is 1.26. The van der Waals surface area contributed by atoms with Crippen LogP contribution in [0.3, 0.4) is 0 Å². The second-order valence-corrected chi connectivity index (χ2v) is 8.87. The predicted molar refractivity (Wildman–Crippen MR) is 107 cm³/mol. The van der Waals surface area contributed by atoms with Crippen molar-refractivity contribution in [3.05, 3.63) is 16.5 Å². The van der Waals surface area contributed by atoms with Gasteiger partial charge in [-0.25, -0.2) is 4.79 Å². The molecular weight excluding hydrogens is 362 g/mol. The van der Waals surface area contributed by atoms with Gasteiger partial charge in [0.1, 0.15) is 0 Å². The van der Waals surface area contributed by atoms with E-state index < -0.39 is 0 Å². The molecular formula is C20H31N3O3S. The van der Waals surface area contributed by atoms with Gasteiger partial charge in [-0.15, -0.1) is 11.3 Å². The Balaban J connectivity index is 1.24. The van der Waals surface area contributed by atoms with Crippen molar-refractivity contribution in [1.29, 1.82) is 0 Å². The highest BCUT2D eigenvalue weighted by atomic mass is 32.1. The van der Waals surface area contributed by atoms with Gasteiger partial charge in [-0.1, -0.05) is 0 Å². The second kappa shape index (κ2) is 9.26. The van der Waals surface area contributed by atoms with Crippen LogP contribution in [0.2, 0.25) is 0 Å². The SMILES string of the molecule is O=C(N1CCOCC1)N1CCc2sc(OCCCC3CCCNC3)cc2C1. The Labute approximate surface area is 165 Å². The predicted octanol–water partition coefficient (Wildman–Crippen LogP) is 2.72. The third kappa shape index (κ3) is 4.95. The summed E-state index contributed by atoms with van der Waals surface area (Å²) in [6, 6.07) is 2.31. The zero-order valence-corrected chi connectivity index (χ0v) is 16.9. The molecule has 0 radical (unpaired) electrons. The van der Waals surface area contributed by atoms with Crippen molar-refractivity contribution >= 4 is 17.4 Å². The number of morpholine rings is 1. The second-order valence-electron chi connectivity index (χ2n) is 7.77. The third-order valence-electron chi connectivity index (χ3n) is 5.80. The normalized spacial score (nSPS) is 23.2. The lowest BCUT2D eigenvalue weighted by Crippen LogP contribution is -2.49. The highest BCUT2D eigenvalue weighted by Crippen LogP contribution is 2.34. The molecule has 0 bridgehead atoms. The number of nitrogens with one attached hydrogen (secondary N) is 1. The fourth-order valence-corrected chi connectivity index (χ4v) is 5.24. The van der Waals surface area contributed by atoms with E-state index in [2.05, 4.69) is 11.4 Å². The number of fused-ring (bicyclic) bond motifs is 1. The van der Waals surface area contributed by atoms with E-state index in [1.165, 1.54) is 42.8 Å². The number of nitrogens with zero attached hydrogens (tertiary/aromatic N) is 2. The first kappa shape index (κ1) is 19.0. The number of amides is 2. The number of ether oxygens (including phenoxy) is 2. The highest BCUT2D eigenvalue weighted by Gasteiger charge is 2.27. The van der Waals surface area contributed by atoms with E-state index in [4.69, 9.17) is 9.47 Å². The summed E-state index contributed by atoms with van der Waals surface area (Å²) in [6.07, 6.45) is 5.97. The van der Waals surface area contributed by atoms with Gasteiger partial charge < -0.3 is 24.6 Å². The summed E-state index contributed by atoms with van der Waals surface area (Å²) in [7, 11) is 0. The molecule has 2 saturated heterocycles. The topological polar surface area (TPSA) is 54.0 Å². The van der Waals surface area contributed by atoms with Gasteiger partial charge >= 0.3 is 6.03 Å². The number of hydrogen-bond donors (Lipinski definition) is 1. The maximum absolute atomic E-state index is 12.7. The molecule has 2 fully saturated rings. The average Bonchev–Trinajstić information content (AvgIpc) is 3.14. The Hall–Kier alpha value is -1.31.